The average molecular weight is 199 g/mol. The molecule has 70 valence electrons. The average Bonchev–Trinajstić information content (AvgIpc) is 2.62. The highest BCUT2D eigenvalue weighted by Crippen LogP contribution is 2.35. The van der Waals surface area contributed by atoms with E-state index in [4.69, 9.17) is 21.1 Å². The molecule has 1 heterocycles. The largest absolute Gasteiger partial charge is 0.489 e. The third-order valence-electron chi connectivity index (χ3n) is 2.01. The van der Waals surface area contributed by atoms with Gasteiger partial charge in [-0.25, -0.2) is 0 Å². The molecule has 1 aliphatic heterocycles. The van der Waals surface area contributed by atoms with Gasteiger partial charge in [0.05, 0.1) is 12.5 Å². The van der Waals surface area contributed by atoms with Crippen molar-refractivity contribution in [2.75, 3.05) is 19.1 Å². The van der Waals surface area contributed by atoms with Gasteiger partial charge in [-0.3, -0.25) is 0 Å². The molecule has 1 aliphatic rings. The van der Waals surface area contributed by atoms with Crippen LogP contribution in [0.25, 0.3) is 0 Å². The van der Waals surface area contributed by atoms with E-state index in [2.05, 4.69) is 6.07 Å². The first-order valence-electron chi connectivity index (χ1n) is 4.35. The molecule has 0 N–H and O–H groups in total. The number of para-hydroxylation sites is 1. The van der Waals surface area contributed by atoms with Crippen molar-refractivity contribution < 1.29 is 9.47 Å². The van der Waals surface area contributed by atoms with Gasteiger partial charge in [0.1, 0.15) is 6.61 Å². The minimum atomic E-state index is 0.504. The fourth-order valence-electron chi connectivity index (χ4n) is 1.45. The summed E-state index contributed by atoms with van der Waals surface area (Å²) in [5, 5.41) is 0. The van der Waals surface area contributed by atoms with Crippen LogP contribution in [-0.2, 0) is 6.42 Å². The molecule has 0 saturated heterocycles. The lowest BCUT2D eigenvalue weighted by atomic mass is 10.1. The summed E-state index contributed by atoms with van der Waals surface area (Å²) >= 11 is 5.54. The summed E-state index contributed by atoms with van der Waals surface area (Å²) in [6.07, 6.45) is 0.980. The highest BCUT2D eigenvalue weighted by atomic mass is 35.5. The normalized spacial score (nSPS) is 13.6. The molecule has 2 nitrogen and oxygen atoms in total. The molecule has 0 radical (unpaired) electrons. The Morgan fingerprint density at radius 3 is 3.23 bits per heavy atom. The Labute approximate surface area is 82.4 Å². The van der Waals surface area contributed by atoms with Gasteiger partial charge in [-0.05, 0) is 6.07 Å². The molecular weight excluding hydrogens is 188 g/mol. The van der Waals surface area contributed by atoms with E-state index in [0.717, 1.165) is 24.5 Å². The Balaban J connectivity index is 2.20. The fourth-order valence-corrected chi connectivity index (χ4v) is 1.52. The summed E-state index contributed by atoms with van der Waals surface area (Å²) in [6, 6.07) is 5.96. The van der Waals surface area contributed by atoms with Crippen molar-refractivity contribution in [1.29, 1.82) is 0 Å². The van der Waals surface area contributed by atoms with E-state index < -0.39 is 0 Å². The van der Waals surface area contributed by atoms with Crippen molar-refractivity contribution in [3.8, 4) is 11.5 Å². The number of alkyl halides is 1. The van der Waals surface area contributed by atoms with Crippen LogP contribution >= 0.6 is 11.6 Å². The smallest absolute Gasteiger partial charge is 0.164 e. The molecule has 0 spiro atoms. The van der Waals surface area contributed by atoms with E-state index in [1.807, 2.05) is 12.1 Å². The molecule has 13 heavy (non-hydrogen) atoms. The second kappa shape index (κ2) is 3.88. The first kappa shape index (κ1) is 8.70. The summed E-state index contributed by atoms with van der Waals surface area (Å²) in [7, 11) is 0. The Hall–Kier alpha value is -0.890. The van der Waals surface area contributed by atoms with Gasteiger partial charge in [0, 0.05) is 12.0 Å². The molecular formula is C10H11ClO2. The summed E-state index contributed by atoms with van der Waals surface area (Å²) in [5.41, 5.74) is 1.23. The Bertz CT molecular complexity index is 299. The number of ether oxygens (including phenoxy) is 2. The summed E-state index contributed by atoms with van der Waals surface area (Å²) in [4.78, 5) is 0. The molecule has 0 aliphatic carbocycles. The van der Waals surface area contributed by atoms with Gasteiger partial charge in [-0.1, -0.05) is 12.1 Å². The molecule has 0 aromatic heterocycles. The first-order valence-corrected chi connectivity index (χ1v) is 4.88. The molecule has 0 unspecified atom stereocenters. The molecule has 2 rings (SSSR count). The number of hydrogen-bond acceptors (Lipinski definition) is 2. The first-order chi connectivity index (χ1) is 6.42. The highest BCUT2D eigenvalue weighted by molar-refractivity contribution is 6.18. The predicted molar refractivity (Wildman–Crippen MR) is 51.9 cm³/mol. The predicted octanol–water partition coefficient (Wildman–Crippen LogP) is 2.24. The minimum absolute atomic E-state index is 0.504. The van der Waals surface area contributed by atoms with Crippen LogP contribution in [0.4, 0.5) is 0 Å². The number of benzene rings is 1. The molecule has 0 saturated carbocycles. The van der Waals surface area contributed by atoms with Crippen LogP contribution in [0.5, 0.6) is 11.5 Å². The van der Waals surface area contributed by atoms with E-state index in [1.54, 1.807) is 0 Å². The monoisotopic (exact) mass is 198 g/mol. The van der Waals surface area contributed by atoms with Gasteiger partial charge in [-0.2, -0.15) is 0 Å². The zero-order chi connectivity index (χ0) is 9.10. The molecule has 0 bridgehead atoms. The van der Waals surface area contributed by atoms with Crippen LogP contribution in [0.15, 0.2) is 18.2 Å². The zero-order valence-corrected chi connectivity index (χ0v) is 8.01. The van der Waals surface area contributed by atoms with Crippen LogP contribution < -0.4 is 9.47 Å². The number of halogens is 1. The molecule has 0 atom stereocenters. The maximum absolute atomic E-state index is 5.54. The van der Waals surface area contributed by atoms with Gasteiger partial charge in [-0.15, -0.1) is 11.6 Å². The van der Waals surface area contributed by atoms with Crippen molar-refractivity contribution >= 4 is 11.6 Å². The lowest BCUT2D eigenvalue weighted by Crippen LogP contribution is -1.99. The van der Waals surface area contributed by atoms with E-state index in [1.165, 1.54) is 5.56 Å². The van der Waals surface area contributed by atoms with Crippen molar-refractivity contribution in [2.24, 2.45) is 0 Å². The van der Waals surface area contributed by atoms with Gasteiger partial charge in [0.25, 0.3) is 0 Å². The summed E-state index contributed by atoms with van der Waals surface area (Å²) < 4.78 is 10.9. The van der Waals surface area contributed by atoms with E-state index >= 15 is 0 Å². The summed E-state index contributed by atoms with van der Waals surface area (Å²) in [5.74, 6) is 2.21. The number of fused-ring (bicyclic) bond motifs is 1. The van der Waals surface area contributed by atoms with Crippen LogP contribution in [-0.4, -0.2) is 19.1 Å². The van der Waals surface area contributed by atoms with Crippen molar-refractivity contribution in [1.82, 2.24) is 0 Å². The highest BCUT2D eigenvalue weighted by Gasteiger charge is 2.16. The van der Waals surface area contributed by atoms with Crippen molar-refractivity contribution in [3.05, 3.63) is 23.8 Å². The SMILES string of the molecule is ClCCOc1cccc2c1OCC2. The van der Waals surface area contributed by atoms with Crippen LogP contribution in [0.3, 0.4) is 0 Å². The third kappa shape index (κ3) is 1.73. The van der Waals surface area contributed by atoms with E-state index in [0.29, 0.717) is 12.5 Å². The van der Waals surface area contributed by atoms with E-state index in [-0.39, 0.29) is 0 Å². The maximum Gasteiger partial charge on any atom is 0.164 e. The standard InChI is InChI=1S/C10H11ClO2/c11-5-7-12-9-3-1-2-8-4-6-13-10(8)9/h1-3H,4-7H2. The lowest BCUT2D eigenvalue weighted by Gasteiger charge is -2.08. The van der Waals surface area contributed by atoms with Crippen LogP contribution in [0.1, 0.15) is 5.56 Å². The van der Waals surface area contributed by atoms with Gasteiger partial charge in [0.15, 0.2) is 11.5 Å². The molecule has 0 fully saturated rings. The van der Waals surface area contributed by atoms with Crippen molar-refractivity contribution in [3.63, 3.8) is 0 Å². The summed E-state index contributed by atoms with van der Waals surface area (Å²) in [6.45, 7) is 1.29. The topological polar surface area (TPSA) is 18.5 Å². The lowest BCUT2D eigenvalue weighted by molar-refractivity contribution is 0.300. The van der Waals surface area contributed by atoms with Gasteiger partial charge in [0.2, 0.25) is 0 Å². The quantitative estimate of drug-likeness (QED) is 0.694. The van der Waals surface area contributed by atoms with Crippen LogP contribution in [0, 0.1) is 0 Å². The molecule has 1 aromatic carbocycles. The van der Waals surface area contributed by atoms with Gasteiger partial charge >= 0.3 is 0 Å². The number of rotatable bonds is 3. The number of hydrogen-bond donors (Lipinski definition) is 0. The second-order valence-corrected chi connectivity index (χ2v) is 3.26. The van der Waals surface area contributed by atoms with E-state index in [9.17, 15) is 0 Å². The Kier molecular flexibility index (Phi) is 2.60. The third-order valence-corrected chi connectivity index (χ3v) is 2.17. The van der Waals surface area contributed by atoms with Crippen molar-refractivity contribution in [2.45, 2.75) is 6.42 Å². The van der Waals surface area contributed by atoms with Crippen LogP contribution in [0.2, 0.25) is 0 Å². The second-order valence-electron chi connectivity index (χ2n) is 2.88. The molecule has 1 aromatic rings. The molecule has 0 amide bonds. The fraction of sp³-hybridized carbons (Fsp3) is 0.400. The minimum Gasteiger partial charge on any atom is -0.489 e. The maximum atomic E-state index is 5.54. The Morgan fingerprint density at radius 2 is 2.38 bits per heavy atom. The Morgan fingerprint density at radius 1 is 1.46 bits per heavy atom. The van der Waals surface area contributed by atoms with Gasteiger partial charge < -0.3 is 9.47 Å². The molecule has 3 heteroatoms. The zero-order valence-electron chi connectivity index (χ0n) is 7.25.